The predicted octanol–water partition coefficient (Wildman–Crippen LogP) is 3.51. The maximum Gasteiger partial charge on any atom is 0.261 e. The van der Waals surface area contributed by atoms with Gasteiger partial charge in [-0.05, 0) is 53.9 Å². The van der Waals surface area contributed by atoms with E-state index in [4.69, 9.17) is 0 Å². The van der Waals surface area contributed by atoms with E-state index >= 15 is 0 Å². The fraction of sp³-hybridized carbons (Fsp3) is 0.240. The summed E-state index contributed by atoms with van der Waals surface area (Å²) in [5.74, 6) is -0.762. The molecule has 1 fully saturated rings. The number of hydrogen-bond donors (Lipinski definition) is 1. The zero-order valence-electron chi connectivity index (χ0n) is 17.9. The second-order valence-electron chi connectivity index (χ2n) is 8.50. The molecule has 5 rings (SSSR count). The Labute approximate surface area is 192 Å². The molecule has 0 unspecified atom stereocenters. The smallest absolute Gasteiger partial charge is 0.261 e. The van der Waals surface area contributed by atoms with E-state index in [0.29, 0.717) is 24.7 Å². The van der Waals surface area contributed by atoms with Crippen molar-refractivity contribution >= 4 is 21.6 Å². The molecule has 1 amide bonds. The topological polar surface area (TPSA) is 69.7 Å². The Bertz CT molecular complexity index is 1310. The quantitative estimate of drug-likeness (QED) is 0.626. The SMILES string of the molecule is O=C(c1cccc(NS(=O)(=O)c2cccc(F)c2)c1)N1CC(N2CCc3ccccc3C2)C1. The van der Waals surface area contributed by atoms with Gasteiger partial charge in [-0.1, -0.05) is 36.4 Å². The number of fused-ring (bicyclic) bond motifs is 1. The van der Waals surface area contributed by atoms with Crippen molar-refractivity contribution < 1.29 is 17.6 Å². The van der Waals surface area contributed by atoms with Crippen LogP contribution in [0.25, 0.3) is 0 Å². The molecule has 33 heavy (non-hydrogen) atoms. The minimum absolute atomic E-state index is 0.129. The molecule has 0 aliphatic carbocycles. The largest absolute Gasteiger partial charge is 0.335 e. The second kappa shape index (κ2) is 8.61. The molecule has 2 aliphatic heterocycles. The van der Waals surface area contributed by atoms with Gasteiger partial charge in [0.25, 0.3) is 15.9 Å². The average molecular weight is 466 g/mol. The van der Waals surface area contributed by atoms with E-state index in [2.05, 4.69) is 33.9 Å². The molecule has 2 aliphatic rings. The van der Waals surface area contributed by atoms with Gasteiger partial charge in [0.2, 0.25) is 0 Å². The molecule has 0 aromatic heterocycles. The van der Waals surface area contributed by atoms with Gasteiger partial charge in [-0.25, -0.2) is 12.8 Å². The highest BCUT2D eigenvalue weighted by Crippen LogP contribution is 2.26. The fourth-order valence-electron chi connectivity index (χ4n) is 4.43. The maximum absolute atomic E-state index is 13.4. The molecule has 1 N–H and O–H groups in total. The van der Waals surface area contributed by atoms with Gasteiger partial charge in [-0.2, -0.15) is 0 Å². The molecular weight excluding hydrogens is 441 g/mol. The average Bonchev–Trinajstić information content (AvgIpc) is 2.78. The van der Waals surface area contributed by atoms with Crippen LogP contribution in [0.15, 0.2) is 77.7 Å². The van der Waals surface area contributed by atoms with Gasteiger partial charge in [-0.3, -0.25) is 14.4 Å². The molecular formula is C25H24FN3O3S. The zero-order valence-corrected chi connectivity index (χ0v) is 18.8. The molecule has 0 atom stereocenters. The molecule has 3 aromatic rings. The Hall–Kier alpha value is -3.23. The van der Waals surface area contributed by atoms with E-state index in [1.807, 2.05) is 0 Å². The van der Waals surface area contributed by atoms with Crippen LogP contribution in [0.5, 0.6) is 0 Å². The highest BCUT2D eigenvalue weighted by Gasteiger charge is 2.36. The van der Waals surface area contributed by atoms with Crippen LogP contribution in [0.1, 0.15) is 21.5 Å². The molecule has 3 aromatic carbocycles. The lowest BCUT2D eigenvalue weighted by molar-refractivity contribution is 0.0218. The first-order chi connectivity index (χ1) is 15.9. The van der Waals surface area contributed by atoms with E-state index in [-0.39, 0.29) is 16.5 Å². The van der Waals surface area contributed by atoms with Gasteiger partial charge in [0, 0.05) is 43.5 Å². The minimum atomic E-state index is -3.96. The Morgan fingerprint density at radius 1 is 0.939 bits per heavy atom. The van der Waals surface area contributed by atoms with Crippen molar-refractivity contribution in [2.24, 2.45) is 0 Å². The molecule has 1 saturated heterocycles. The maximum atomic E-state index is 13.4. The van der Waals surface area contributed by atoms with E-state index < -0.39 is 15.8 Å². The van der Waals surface area contributed by atoms with Crippen molar-refractivity contribution in [1.82, 2.24) is 9.80 Å². The van der Waals surface area contributed by atoms with Gasteiger partial charge < -0.3 is 4.90 Å². The lowest BCUT2D eigenvalue weighted by Gasteiger charge is -2.47. The Balaban J connectivity index is 1.22. The molecule has 8 heteroatoms. The summed E-state index contributed by atoms with van der Waals surface area (Å²) in [6, 6.07) is 20.0. The number of nitrogens with one attached hydrogen (secondary N) is 1. The summed E-state index contributed by atoms with van der Waals surface area (Å²) in [5.41, 5.74) is 3.43. The third-order valence-corrected chi connectivity index (χ3v) is 7.67. The van der Waals surface area contributed by atoms with Crippen molar-refractivity contribution in [2.75, 3.05) is 24.4 Å². The molecule has 0 saturated carbocycles. The van der Waals surface area contributed by atoms with Crippen LogP contribution >= 0.6 is 0 Å². The number of hydrogen-bond acceptors (Lipinski definition) is 4. The first-order valence-corrected chi connectivity index (χ1v) is 12.4. The number of amides is 1. The summed E-state index contributed by atoms with van der Waals surface area (Å²) in [7, 11) is -3.96. The van der Waals surface area contributed by atoms with Crippen LogP contribution in [0, 0.1) is 5.82 Å². The summed E-state index contributed by atoms with van der Waals surface area (Å²) in [6.45, 7) is 3.20. The Morgan fingerprint density at radius 3 is 2.48 bits per heavy atom. The van der Waals surface area contributed by atoms with E-state index in [9.17, 15) is 17.6 Å². The number of benzene rings is 3. The summed E-state index contributed by atoms with van der Waals surface area (Å²) in [6.07, 6.45) is 1.02. The number of anilines is 1. The number of nitrogens with zero attached hydrogens (tertiary/aromatic N) is 2. The van der Waals surface area contributed by atoms with E-state index in [1.54, 1.807) is 23.1 Å². The molecule has 170 valence electrons. The molecule has 0 spiro atoms. The predicted molar refractivity (Wildman–Crippen MR) is 124 cm³/mol. The van der Waals surface area contributed by atoms with Gasteiger partial charge in [0.15, 0.2) is 0 Å². The number of rotatable bonds is 5. The second-order valence-corrected chi connectivity index (χ2v) is 10.2. The van der Waals surface area contributed by atoms with Crippen molar-refractivity contribution in [2.45, 2.75) is 23.9 Å². The van der Waals surface area contributed by atoms with E-state index in [1.165, 1.54) is 35.4 Å². The standard InChI is InChI=1S/C25H24FN3O3S/c26-21-8-4-10-24(14-21)33(31,32)27-22-9-3-7-19(13-22)25(30)29-16-23(17-29)28-12-11-18-5-1-2-6-20(18)15-28/h1-10,13-14,23,27H,11-12,15-17H2. The van der Waals surface area contributed by atoms with Crippen molar-refractivity contribution in [3.8, 4) is 0 Å². The highest BCUT2D eigenvalue weighted by molar-refractivity contribution is 7.92. The van der Waals surface area contributed by atoms with Crippen LogP contribution in [-0.4, -0.2) is 49.8 Å². The summed E-state index contributed by atoms with van der Waals surface area (Å²) in [5, 5.41) is 0. The first kappa shape index (κ1) is 21.6. The van der Waals surface area contributed by atoms with Crippen LogP contribution in [0.3, 0.4) is 0 Å². The van der Waals surface area contributed by atoms with Crippen molar-refractivity contribution in [3.05, 3.63) is 95.3 Å². The minimum Gasteiger partial charge on any atom is -0.335 e. The van der Waals surface area contributed by atoms with Gasteiger partial charge in [-0.15, -0.1) is 0 Å². The lowest BCUT2D eigenvalue weighted by atomic mass is 9.96. The first-order valence-electron chi connectivity index (χ1n) is 10.9. The summed E-state index contributed by atoms with van der Waals surface area (Å²) in [4.78, 5) is 17.0. The Morgan fingerprint density at radius 2 is 1.70 bits per heavy atom. The number of halogens is 1. The molecule has 0 radical (unpaired) electrons. The number of sulfonamides is 1. The van der Waals surface area contributed by atoms with Crippen LogP contribution < -0.4 is 4.72 Å². The Kier molecular flexibility index (Phi) is 5.64. The summed E-state index contributed by atoms with van der Waals surface area (Å²) < 4.78 is 41.0. The normalized spacial score (nSPS) is 16.7. The lowest BCUT2D eigenvalue weighted by Crippen LogP contribution is -2.61. The van der Waals surface area contributed by atoms with Crippen LogP contribution in [0.4, 0.5) is 10.1 Å². The number of carbonyl (C=O) groups excluding carboxylic acids is 1. The van der Waals surface area contributed by atoms with Gasteiger partial charge in [0.1, 0.15) is 5.82 Å². The fourth-order valence-corrected chi connectivity index (χ4v) is 5.51. The molecule has 6 nitrogen and oxygen atoms in total. The monoisotopic (exact) mass is 465 g/mol. The van der Waals surface area contributed by atoms with Gasteiger partial charge in [0.05, 0.1) is 4.90 Å². The third kappa shape index (κ3) is 4.49. The van der Waals surface area contributed by atoms with Crippen molar-refractivity contribution in [1.29, 1.82) is 0 Å². The zero-order chi connectivity index (χ0) is 23.0. The number of likely N-dealkylation sites (tertiary alicyclic amines) is 1. The van der Waals surface area contributed by atoms with Crippen LogP contribution in [0.2, 0.25) is 0 Å². The van der Waals surface area contributed by atoms with Crippen molar-refractivity contribution in [3.63, 3.8) is 0 Å². The number of carbonyl (C=O) groups is 1. The van der Waals surface area contributed by atoms with Crippen LogP contribution in [-0.2, 0) is 23.0 Å². The van der Waals surface area contributed by atoms with E-state index in [0.717, 1.165) is 25.6 Å². The van der Waals surface area contributed by atoms with Gasteiger partial charge >= 0.3 is 0 Å². The molecule has 0 bridgehead atoms. The third-order valence-electron chi connectivity index (χ3n) is 6.29. The highest BCUT2D eigenvalue weighted by atomic mass is 32.2. The summed E-state index contributed by atoms with van der Waals surface area (Å²) >= 11 is 0. The molecule has 2 heterocycles.